The van der Waals surface area contributed by atoms with Crippen LogP contribution >= 0.6 is 11.3 Å². The van der Waals surface area contributed by atoms with E-state index in [9.17, 15) is 15.1 Å². The van der Waals surface area contributed by atoms with E-state index in [1.807, 2.05) is 14.0 Å². The van der Waals surface area contributed by atoms with Crippen molar-refractivity contribution >= 4 is 34.6 Å². The van der Waals surface area contributed by atoms with Gasteiger partial charge in [-0.05, 0) is 48.8 Å². The van der Waals surface area contributed by atoms with Crippen molar-refractivity contribution in [3.05, 3.63) is 50.9 Å². The van der Waals surface area contributed by atoms with Crippen molar-refractivity contribution in [1.82, 2.24) is 15.0 Å². The lowest BCUT2D eigenvalue weighted by atomic mass is 9.86. The molecular formula is C24H32N6O4S. The number of carbonyl (C=O) groups is 1. The quantitative estimate of drug-likeness (QED) is 0.346. The number of rotatable bonds is 6. The van der Waals surface area contributed by atoms with Gasteiger partial charge in [0.1, 0.15) is 5.69 Å². The standard InChI is InChI=1S/C24H32N6O4S/c1-15-9-10-18(35-15)20(24(2,3)4)26-21-22(30(33)34-27-21)25-17-8-6-7-16(19(17)31)23(32)29-13-11-28(5)12-14-29/h6-10,20,25,31H,11-14H2,1-5H3,(H,26,27)/t20-/m0/s1. The van der Waals surface area contributed by atoms with E-state index in [0.29, 0.717) is 13.1 Å². The third-order valence-electron chi connectivity index (χ3n) is 6.12. The summed E-state index contributed by atoms with van der Waals surface area (Å²) in [6.45, 7) is 11.0. The van der Waals surface area contributed by atoms with Gasteiger partial charge in [-0.25, -0.2) is 0 Å². The van der Waals surface area contributed by atoms with Crippen LogP contribution in [0.15, 0.2) is 35.0 Å². The molecular weight excluding hydrogens is 468 g/mol. The van der Waals surface area contributed by atoms with E-state index in [1.54, 1.807) is 34.4 Å². The van der Waals surface area contributed by atoms with E-state index in [0.717, 1.165) is 18.0 Å². The Balaban J connectivity index is 1.60. The van der Waals surface area contributed by atoms with Crippen LogP contribution in [0.5, 0.6) is 5.75 Å². The van der Waals surface area contributed by atoms with Gasteiger partial charge in [-0.3, -0.25) is 10.1 Å². The van der Waals surface area contributed by atoms with Crippen molar-refractivity contribution in [2.45, 2.75) is 33.7 Å². The highest BCUT2D eigenvalue weighted by atomic mass is 32.1. The molecule has 0 saturated carbocycles. The second-order valence-corrected chi connectivity index (χ2v) is 11.3. The molecule has 1 fully saturated rings. The summed E-state index contributed by atoms with van der Waals surface area (Å²) >= 11 is 1.67. The van der Waals surface area contributed by atoms with Crippen molar-refractivity contribution in [2.75, 3.05) is 43.9 Å². The average molecular weight is 501 g/mol. The fourth-order valence-corrected chi connectivity index (χ4v) is 5.21. The van der Waals surface area contributed by atoms with E-state index in [-0.39, 0.29) is 50.9 Å². The molecule has 2 aromatic heterocycles. The van der Waals surface area contributed by atoms with Crippen LogP contribution in [0.2, 0.25) is 0 Å². The summed E-state index contributed by atoms with van der Waals surface area (Å²) in [5.74, 6) is -0.281. The molecule has 10 nitrogen and oxygen atoms in total. The minimum Gasteiger partial charge on any atom is -0.504 e. The van der Waals surface area contributed by atoms with Crippen LogP contribution < -0.4 is 15.5 Å². The molecule has 1 aromatic carbocycles. The predicted octanol–water partition coefficient (Wildman–Crippen LogP) is 3.71. The zero-order valence-electron chi connectivity index (χ0n) is 20.7. The SMILES string of the molecule is Cc1ccc([C@H](Nc2no[n+]([O-])c2Nc2cccc(C(=O)N3CCN(C)CC3)c2O)C(C)(C)C)s1. The second kappa shape index (κ2) is 9.74. The number of aryl methyl sites for hydroxylation is 1. The number of benzene rings is 1. The van der Waals surface area contributed by atoms with Gasteiger partial charge >= 0.3 is 5.82 Å². The first-order valence-electron chi connectivity index (χ1n) is 11.5. The molecule has 11 heteroatoms. The summed E-state index contributed by atoms with van der Waals surface area (Å²) in [7, 11) is 2.01. The van der Waals surface area contributed by atoms with Crippen molar-refractivity contribution < 1.29 is 19.4 Å². The summed E-state index contributed by atoms with van der Waals surface area (Å²) < 4.78 is 4.87. The maximum absolute atomic E-state index is 13.0. The van der Waals surface area contributed by atoms with Gasteiger partial charge in [0.05, 0.1) is 11.6 Å². The number of thiophene rings is 1. The van der Waals surface area contributed by atoms with E-state index < -0.39 is 0 Å². The molecule has 3 aromatic rings. The predicted molar refractivity (Wildman–Crippen MR) is 135 cm³/mol. The fraction of sp³-hybridized carbons (Fsp3) is 0.458. The number of para-hydroxylation sites is 1. The lowest BCUT2D eigenvalue weighted by molar-refractivity contribution is -0.790. The van der Waals surface area contributed by atoms with Crippen LogP contribution in [-0.2, 0) is 0 Å². The van der Waals surface area contributed by atoms with Crippen molar-refractivity contribution in [2.24, 2.45) is 5.41 Å². The Bertz CT molecular complexity index is 1190. The number of nitrogens with one attached hydrogen (secondary N) is 2. The summed E-state index contributed by atoms with van der Waals surface area (Å²) in [4.78, 5) is 19.4. The van der Waals surface area contributed by atoms with Gasteiger partial charge < -0.3 is 30.1 Å². The lowest BCUT2D eigenvalue weighted by Gasteiger charge is -2.32. The number of phenolic OH excluding ortho intramolecular Hbond substituents is 1. The highest BCUT2D eigenvalue weighted by Gasteiger charge is 2.32. The third kappa shape index (κ3) is 5.35. The first-order valence-corrected chi connectivity index (χ1v) is 12.4. The van der Waals surface area contributed by atoms with Gasteiger partial charge in [-0.15, -0.1) is 11.3 Å². The Labute approximate surface area is 208 Å². The Morgan fingerprint density at radius 2 is 1.94 bits per heavy atom. The minimum atomic E-state index is -0.251. The van der Waals surface area contributed by atoms with E-state index in [4.69, 9.17) is 4.63 Å². The minimum absolute atomic E-state index is 0.00738. The number of amides is 1. The van der Waals surface area contributed by atoms with Crippen LogP contribution in [0.4, 0.5) is 17.3 Å². The molecule has 0 unspecified atom stereocenters. The molecule has 188 valence electrons. The number of carbonyl (C=O) groups excluding carboxylic acids is 1. The first-order chi connectivity index (χ1) is 16.5. The highest BCUT2D eigenvalue weighted by Crippen LogP contribution is 2.40. The maximum Gasteiger partial charge on any atom is 0.324 e. The number of nitrogens with zero attached hydrogens (tertiary/aromatic N) is 4. The zero-order valence-corrected chi connectivity index (χ0v) is 21.5. The van der Waals surface area contributed by atoms with E-state index >= 15 is 0 Å². The van der Waals surface area contributed by atoms with Crippen LogP contribution in [0, 0.1) is 17.5 Å². The number of piperazine rings is 1. The summed E-state index contributed by atoms with van der Waals surface area (Å²) in [6.07, 6.45) is 0. The normalized spacial score (nSPS) is 15.7. The molecule has 1 aliphatic rings. The molecule has 35 heavy (non-hydrogen) atoms. The summed E-state index contributed by atoms with van der Waals surface area (Å²) in [6, 6.07) is 8.79. The van der Waals surface area contributed by atoms with Crippen LogP contribution in [-0.4, -0.2) is 59.2 Å². The van der Waals surface area contributed by atoms with Crippen LogP contribution in [0.1, 0.15) is 46.9 Å². The maximum atomic E-state index is 13.0. The van der Waals surface area contributed by atoms with Crippen molar-refractivity contribution in [1.29, 1.82) is 0 Å². The van der Waals surface area contributed by atoms with Crippen molar-refractivity contribution in [3.8, 4) is 5.75 Å². The number of hydrogen-bond acceptors (Lipinski definition) is 9. The van der Waals surface area contributed by atoms with Crippen LogP contribution in [0.25, 0.3) is 0 Å². The van der Waals surface area contributed by atoms with E-state index in [2.05, 4.69) is 53.6 Å². The molecule has 4 rings (SSSR count). The van der Waals surface area contributed by atoms with Gasteiger partial charge in [-0.1, -0.05) is 31.7 Å². The lowest BCUT2D eigenvalue weighted by Crippen LogP contribution is -2.47. The number of anilines is 3. The molecule has 1 amide bonds. The largest absolute Gasteiger partial charge is 0.504 e. The Morgan fingerprint density at radius 3 is 2.57 bits per heavy atom. The number of likely N-dealkylation sites (N-methyl/N-ethyl adjacent to an activating group) is 1. The smallest absolute Gasteiger partial charge is 0.324 e. The number of aromatic hydroxyl groups is 1. The van der Waals surface area contributed by atoms with Gasteiger partial charge in [0.2, 0.25) is 0 Å². The molecule has 0 spiro atoms. The molecule has 3 heterocycles. The summed E-state index contributed by atoms with van der Waals surface area (Å²) in [5, 5.41) is 33.5. The number of hydrogen-bond donors (Lipinski definition) is 3. The Morgan fingerprint density at radius 1 is 1.23 bits per heavy atom. The average Bonchev–Trinajstić information content (AvgIpc) is 3.38. The topological polar surface area (TPSA) is 121 Å². The molecule has 1 atom stereocenters. The number of aromatic nitrogens is 2. The molecule has 0 bridgehead atoms. The van der Waals surface area contributed by atoms with Gasteiger partial charge in [0.25, 0.3) is 11.7 Å². The Kier molecular flexibility index (Phi) is 6.91. The molecule has 3 N–H and O–H groups in total. The molecule has 0 radical (unpaired) electrons. The molecule has 1 aliphatic heterocycles. The second-order valence-electron chi connectivity index (χ2n) is 9.94. The van der Waals surface area contributed by atoms with Gasteiger partial charge in [0.15, 0.2) is 5.75 Å². The molecule has 0 aliphatic carbocycles. The fourth-order valence-electron chi connectivity index (χ4n) is 4.03. The highest BCUT2D eigenvalue weighted by molar-refractivity contribution is 7.12. The number of phenols is 1. The van der Waals surface area contributed by atoms with Gasteiger partial charge in [0, 0.05) is 35.9 Å². The first kappa shape index (κ1) is 24.8. The summed E-state index contributed by atoms with van der Waals surface area (Å²) in [5.41, 5.74) is 0.183. The van der Waals surface area contributed by atoms with Gasteiger partial charge in [-0.2, -0.15) is 0 Å². The molecule has 1 saturated heterocycles. The van der Waals surface area contributed by atoms with Crippen molar-refractivity contribution in [3.63, 3.8) is 0 Å². The van der Waals surface area contributed by atoms with Crippen LogP contribution in [0.3, 0.4) is 0 Å². The van der Waals surface area contributed by atoms with E-state index in [1.165, 1.54) is 4.88 Å². The Hall–Kier alpha value is -3.31. The monoisotopic (exact) mass is 500 g/mol. The third-order valence-corrected chi connectivity index (χ3v) is 7.18. The zero-order chi connectivity index (χ0) is 25.3.